The molecule has 0 unspecified atom stereocenters. The number of urea groups is 1. The number of hydrogen-bond acceptors (Lipinski definition) is 3. The quantitative estimate of drug-likeness (QED) is 0.877. The Morgan fingerprint density at radius 3 is 2.60 bits per heavy atom. The first-order valence-electron chi connectivity index (χ1n) is 8.88. The first kappa shape index (κ1) is 17.5. The fourth-order valence-electron chi connectivity index (χ4n) is 3.37. The first-order valence-corrected chi connectivity index (χ1v) is 8.88. The fourth-order valence-corrected chi connectivity index (χ4v) is 3.37. The van der Waals surface area contributed by atoms with Gasteiger partial charge in [0.05, 0.1) is 5.69 Å². The molecular formula is C19H26N4O2. The third-order valence-electron chi connectivity index (χ3n) is 5.09. The summed E-state index contributed by atoms with van der Waals surface area (Å²) in [6.07, 6.45) is 7.57. The zero-order valence-electron chi connectivity index (χ0n) is 14.6. The average Bonchev–Trinajstić information content (AvgIpc) is 3.21. The molecule has 2 N–H and O–H groups in total. The number of nitrogens with zero attached hydrogens (tertiary/aromatic N) is 3. The van der Waals surface area contributed by atoms with Gasteiger partial charge in [-0.15, -0.1) is 0 Å². The third kappa shape index (κ3) is 4.39. The van der Waals surface area contributed by atoms with Crippen molar-refractivity contribution in [2.24, 2.45) is 5.92 Å². The van der Waals surface area contributed by atoms with Crippen LogP contribution in [0.2, 0.25) is 0 Å². The Balaban J connectivity index is 1.48. The Labute approximate surface area is 148 Å². The SMILES string of the molecule is CN(C(=O)NCc1ccc(-n2cccn2)cc1)C1CCC(CO)CC1. The van der Waals surface area contributed by atoms with Crippen LogP contribution in [-0.2, 0) is 6.54 Å². The van der Waals surface area contributed by atoms with Gasteiger partial charge in [-0.2, -0.15) is 5.10 Å². The van der Waals surface area contributed by atoms with E-state index in [-0.39, 0.29) is 18.7 Å². The number of aromatic nitrogens is 2. The molecule has 2 amide bonds. The lowest BCUT2D eigenvalue weighted by Gasteiger charge is -2.34. The van der Waals surface area contributed by atoms with Crippen LogP contribution in [0.4, 0.5) is 4.79 Å². The summed E-state index contributed by atoms with van der Waals surface area (Å²) < 4.78 is 1.80. The molecule has 2 aromatic rings. The Hall–Kier alpha value is -2.34. The van der Waals surface area contributed by atoms with Gasteiger partial charge in [-0.05, 0) is 55.4 Å². The molecule has 1 aliphatic carbocycles. The minimum absolute atomic E-state index is 0.0383. The van der Waals surface area contributed by atoms with E-state index < -0.39 is 0 Å². The maximum Gasteiger partial charge on any atom is 0.317 e. The zero-order chi connectivity index (χ0) is 17.6. The maximum atomic E-state index is 12.4. The van der Waals surface area contributed by atoms with Crippen LogP contribution in [0, 0.1) is 5.92 Å². The van der Waals surface area contributed by atoms with Crippen molar-refractivity contribution in [2.75, 3.05) is 13.7 Å². The molecule has 1 heterocycles. The van der Waals surface area contributed by atoms with E-state index in [1.165, 1.54) is 0 Å². The lowest BCUT2D eigenvalue weighted by Crippen LogP contribution is -2.45. The van der Waals surface area contributed by atoms with E-state index in [4.69, 9.17) is 0 Å². The Morgan fingerprint density at radius 1 is 1.28 bits per heavy atom. The van der Waals surface area contributed by atoms with Crippen LogP contribution in [0.5, 0.6) is 0 Å². The number of aliphatic hydroxyl groups is 1. The summed E-state index contributed by atoms with van der Waals surface area (Å²) in [5.74, 6) is 0.404. The standard InChI is InChI=1S/C19H26N4O2/c1-22(17-7-5-16(14-24)6-8-17)19(25)20-13-15-3-9-18(10-4-15)23-12-2-11-21-23/h2-4,9-12,16-17,24H,5-8,13-14H2,1H3,(H,20,25). The average molecular weight is 342 g/mol. The first-order chi connectivity index (χ1) is 12.2. The minimum atomic E-state index is -0.0383. The lowest BCUT2D eigenvalue weighted by molar-refractivity contribution is 0.134. The maximum absolute atomic E-state index is 12.4. The van der Waals surface area contributed by atoms with Gasteiger partial charge in [0.25, 0.3) is 0 Å². The monoisotopic (exact) mass is 342 g/mol. The van der Waals surface area contributed by atoms with Crippen molar-refractivity contribution in [3.63, 3.8) is 0 Å². The molecule has 0 saturated heterocycles. The van der Waals surface area contributed by atoms with Gasteiger partial charge in [-0.25, -0.2) is 9.48 Å². The van der Waals surface area contributed by atoms with Gasteiger partial charge in [0.15, 0.2) is 0 Å². The number of carbonyl (C=O) groups excluding carboxylic acids is 1. The van der Waals surface area contributed by atoms with Crippen molar-refractivity contribution in [3.05, 3.63) is 48.3 Å². The van der Waals surface area contributed by atoms with Gasteiger partial charge in [0.2, 0.25) is 0 Å². The van der Waals surface area contributed by atoms with Gasteiger partial charge in [-0.3, -0.25) is 0 Å². The van der Waals surface area contributed by atoms with Gasteiger partial charge in [-0.1, -0.05) is 12.1 Å². The fraction of sp³-hybridized carbons (Fsp3) is 0.474. The second-order valence-electron chi connectivity index (χ2n) is 6.74. The normalized spacial score (nSPS) is 20.2. The second-order valence-corrected chi connectivity index (χ2v) is 6.74. The number of carbonyl (C=O) groups is 1. The van der Waals surface area contributed by atoms with E-state index in [0.29, 0.717) is 12.5 Å². The van der Waals surface area contributed by atoms with Crippen molar-refractivity contribution < 1.29 is 9.90 Å². The summed E-state index contributed by atoms with van der Waals surface area (Å²) in [6, 6.07) is 10.1. The molecule has 1 aliphatic rings. The van der Waals surface area contributed by atoms with Gasteiger partial charge < -0.3 is 15.3 Å². The molecule has 0 spiro atoms. The predicted molar refractivity (Wildman–Crippen MR) is 96.4 cm³/mol. The predicted octanol–water partition coefficient (Wildman–Crippen LogP) is 2.56. The zero-order valence-corrected chi connectivity index (χ0v) is 14.6. The highest BCUT2D eigenvalue weighted by Crippen LogP contribution is 2.26. The van der Waals surface area contributed by atoms with Crippen LogP contribution in [0.25, 0.3) is 5.69 Å². The molecule has 0 aliphatic heterocycles. The lowest BCUT2D eigenvalue weighted by atomic mass is 9.86. The number of rotatable bonds is 5. The summed E-state index contributed by atoms with van der Waals surface area (Å²) in [6.45, 7) is 0.770. The van der Waals surface area contributed by atoms with Crippen LogP contribution in [-0.4, -0.2) is 45.5 Å². The molecule has 0 atom stereocenters. The molecule has 1 aromatic heterocycles. The highest BCUT2D eigenvalue weighted by Gasteiger charge is 2.25. The number of nitrogens with one attached hydrogen (secondary N) is 1. The van der Waals surface area contributed by atoms with Crippen molar-refractivity contribution in [2.45, 2.75) is 38.3 Å². The highest BCUT2D eigenvalue weighted by molar-refractivity contribution is 5.74. The van der Waals surface area contributed by atoms with Crippen LogP contribution in [0.3, 0.4) is 0 Å². The van der Waals surface area contributed by atoms with E-state index in [1.807, 2.05) is 48.5 Å². The molecule has 6 heteroatoms. The van der Waals surface area contributed by atoms with Gasteiger partial charge >= 0.3 is 6.03 Å². The van der Waals surface area contributed by atoms with E-state index in [0.717, 1.165) is 36.9 Å². The van der Waals surface area contributed by atoms with E-state index in [1.54, 1.807) is 10.9 Å². The van der Waals surface area contributed by atoms with Crippen LogP contribution >= 0.6 is 0 Å². The molecule has 0 bridgehead atoms. The Kier molecular flexibility index (Phi) is 5.71. The molecule has 134 valence electrons. The highest BCUT2D eigenvalue weighted by atomic mass is 16.3. The second kappa shape index (κ2) is 8.16. The smallest absolute Gasteiger partial charge is 0.317 e. The van der Waals surface area contributed by atoms with Gasteiger partial charge in [0.1, 0.15) is 0 Å². The number of hydrogen-bond donors (Lipinski definition) is 2. The summed E-state index contributed by atoms with van der Waals surface area (Å²) in [5.41, 5.74) is 2.06. The Morgan fingerprint density at radius 2 is 2.00 bits per heavy atom. The summed E-state index contributed by atoms with van der Waals surface area (Å²) in [4.78, 5) is 14.2. The van der Waals surface area contributed by atoms with Crippen molar-refractivity contribution in [1.29, 1.82) is 0 Å². The molecule has 1 fully saturated rings. The topological polar surface area (TPSA) is 70.4 Å². The number of benzene rings is 1. The molecule has 6 nitrogen and oxygen atoms in total. The summed E-state index contributed by atoms with van der Waals surface area (Å²) >= 11 is 0. The van der Waals surface area contributed by atoms with Crippen molar-refractivity contribution in [3.8, 4) is 5.69 Å². The molecule has 1 saturated carbocycles. The van der Waals surface area contributed by atoms with E-state index >= 15 is 0 Å². The molecule has 1 aromatic carbocycles. The van der Waals surface area contributed by atoms with Crippen LogP contribution in [0.1, 0.15) is 31.2 Å². The molecule has 0 radical (unpaired) electrons. The summed E-state index contributed by atoms with van der Waals surface area (Å²) in [7, 11) is 1.86. The largest absolute Gasteiger partial charge is 0.396 e. The van der Waals surface area contributed by atoms with Gasteiger partial charge in [0, 0.05) is 38.6 Å². The molecule has 25 heavy (non-hydrogen) atoms. The minimum Gasteiger partial charge on any atom is -0.396 e. The van der Waals surface area contributed by atoms with Crippen LogP contribution in [0.15, 0.2) is 42.7 Å². The van der Waals surface area contributed by atoms with E-state index in [2.05, 4.69) is 10.4 Å². The van der Waals surface area contributed by atoms with E-state index in [9.17, 15) is 9.90 Å². The molecular weight excluding hydrogens is 316 g/mol. The Bertz CT molecular complexity index is 661. The summed E-state index contributed by atoms with van der Waals surface area (Å²) in [5, 5.41) is 16.4. The molecule has 3 rings (SSSR count). The number of amides is 2. The van der Waals surface area contributed by atoms with Crippen LogP contribution < -0.4 is 5.32 Å². The third-order valence-corrected chi connectivity index (χ3v) is 5.09. The number of aliphatic hydroxyl groups excluding tert-OH is 1. The van der Waals surface area contributed by atoms with Crippen molar-refractivity contribution >= 4 is 6.03 Å². The van der Waals surface area contributed by atoms with Crippen molar-refractivity contribution in [1.82, 2.24) is 20.0 Å².